The minimum absolute atomic E-state index is 0.235. The zero-order valence-corrected chi connectivity index (χ0v) is 17.3. The monoisotopic (exact) mass is 491 g/mol. The highest BCUT2D eigenvalue weighted by atomic mass is 127. The number of rotatable bonds is 5. The van der Waals surface area contributed by atoms with Crippen LogP contribution in [0.3, 0.4) is 0 Å². The van der Waals surface area contributed by atoms with Crippen LogP contribution in [-0.4, -0.2) is 19.6 Å². The van der Waals surface area contributed by atoms with Crippen LogP contribution in [0.2, 0.25) is 0 Å². The lowest BCUT2D eigenvalue weighted by Crippen LogP contribution is -2.06. The van der Waals surface area contributed by atoms with Crippen LogP contribution < -0.4 is 0 Å². The van der Waals surface area contributed by atoms with Gasteiger partial charge in [0.25, 0.3) is 0 Å². The number of nitrogens with one attached hydrogen (secondary N) is 1. The van der Waals surface area contributed by atoms with Gasteiger partial charge in [0.1, 0.15) is 11.9 Å². The summed E-state index contributed by atoms with van der Waals surface area (Å²) in [5, 5.41) is 16.1. The van der Waals surface area contributed by atoms with Gasteiger partial charge in [0.2, 0.25) is 0 Å². The lowest BCUT2D eigenvalue weighted by Gasteiger charge is -2.17. The van der Waals surface area contributed by atoms with Crippen LogP contribution in [0.4, 0.5) is 4.39 Å². The first-order chi connectivity index (χ1) is 13.1. The standard InChI is InChI=1S/C20H16FIN3OP/c1-2-14-15-6-8-23-17(15)11-16(21)19(14)20(26)13-5-3-4-12(10-13)18-7-9-24-25(18)27-22/h2-11,20,23,26-27H,1H2. The fraction of sp³-hybridized carbons (Fsp3) is 0.0500. The lowest BCUT2D eigenvalue weighted by atomic mass is 9.93. The third-order valence-corrected chi connectivity index (χ3v) is 6.47. The van der Waals surface area contributed by atoms with Gasteiger partial charge in [-0.15, -0.1) is 0 Å². The van der Waals surface area contributed by atoms with E-state index in [1.54, 1.807) is 24.5 Å². The number of halogens is 2. The van der Waals surface area contributed by atoms with Crippen LogP contribution in [0.1, 0.15) is 22.8 Å². The van der Waals surface area contributed by atoms with E-state index in [4.69, 9.17) is 0 Å². The Morgan fingerprint density at radius 1 is 1.30 bits per heavy atom. The molecular weight excluding hydrogens is 475 g/mol. The topological polar surface area (TPSA) is 53.8 Å². The van der Waals surface area contributed by atoms with E-state index in [2.05, 4.69) is 38.7 Å². The molecule has 0 amide bonds. The Hall–Kier alpha value is -2.02. The molecule has 27 heavy (non-hydrogen) atoms. The quantitative estimate of drug-likeness (QED) is 0.279. The first kappa shape index (κ1) is 18.3. The van der Waals surface area contributed by atoms with E-state index < -0.39 is 11.9 Å². The maximum Gasteiger partial charge on any atom is 0.132 e. The molecule has 4 rings (SSSR count). The molecule has 4 nitrogen and oxygen atoms in total. The minimum Gasteiger partial charge on any atom is -0.384 e. The number of benzene rings is 2. The number of nitrogens with zero attached hydrogens (tertiary/aromatic N) is 2. The highest BCUT2D eigenvalue weighted by Gasteiger charge is 2.21. The van der Waals surface area contributed by atoms with Gasteiger partial charge in [0, 0.05) is 34.4 Å². The van der Waals surface area contributed by atoms with Crippen molar-refractivity contribution < 1.29 is 9.50 Å². The normalized spacial score (nSPS) is 12.9. The average Bonchev–Trinajstić information content (AvgIpc) is 3.35. The van der Waals surface area contributed by atoms with Crippen molar-refractivity contribution in [3.63, 3.8) is 0 Å². The maximum absolute atomic E-state index is 14.8. The molecule has 136 valence electrons. The molecule has 2 heterocycles. The summed E-state index contributed by atoms with van der Waals surface area (Å²) in [5.41, 5.74) is 4.02. The number of H-pyrrole nitrogens is 1. The second-order valence-corrected chi connectivity index (χ2v) is 8.11. The number of hydrogen-bond acceptors (Lipinski definition) is 2. The summed E-state index contributed by atoms with van der Waals surface area (Å²) in [6.07, 6.45) is 4.46. The van der Waals surface area contributed by atoms with Crippen LogP contribution in [-0.2, 0) is 0 Å². The molecule has 2 unspecified atom stereocenters. The van der Waals surface area contributed by atoms with Gasteiger partial charge in [-0.2, -0.15) is 5.10 Å². The van der Waals surface area contributed by atoms with Crippen molar-refractivity contribution in [3.05, 3.63) is 83.9 Å². The van der Waals surface area contributed by atoms with Gasteiger partial charge in [0.15, 0.2) is 0 Å². The van der Waals surface area contributed by atoms with Gasteiger partial charge in [-0.3, -0.25) is 0 Å². The predicted octanol–water partition coefficient (Wildman–Crippen LogP) is 5.69. The molecule has 0 spiro atoms. The third kappa shape index (κ3) is 3.22. The van der Waals surface area contributed by atoms with Crippen molar-refractivity contribution in [2.75, 3.05) is 0 Å². The summed E-state index contributed by atoms with van der Waals surface area (Å²) in [4.78, 5) is 3.00. The van der Waals surface area contributed by atoms with Crippen LogP contribution in [0, 0.1) is 5.82 Å². The molecule has 2 aromatic carbocycles. The minimum atomic E-state index is -1.10. The zero-order valence-electron chi connectivity index (χ0n) is 14.2. The zero-order chi connectivity index (χ0) is 19.0. The Morgan fingerprint density at radius 3 is 2.93 bits per heavy atom. The summed E-state index contributed by atoms with van der Waals surface area (Å²) in [6, 6.07) is 12.7. The van der Waals surface area contributed by atoms with E-state index in [9.17, 15) is 9.50 Å². The van der Waals surface area contributed by atoms with E-state index in [1.165, 1.54) is 6.07 Å². The number of aliphatic hydroxyl groups is 1. The van der Waals surface area contributed by atoms with Crippen molar-refractivity contribution in [1.82, 2.24) is 14.5 Å². The summed E-state index contributed by atoms with van der Waals surface area (Å²) in [5.74, 6) is -0.462. The van der Waals surface area contributed by atoms with E-state index in [1.807, 2.05) is 34.8 Å². The number of fused-ring (bicyclic) bond motifs is 1. The highest BCUT2D eigenvalue weighted by molar-refractivity contribution is 14.2. The van der Waals surface area contributed by atoms with Gasteiger partial charge in [-0.1, -0.05) is 30.9 Å². The fourth-order valence-electron chi connectivity index (χ4n) is 3.34. The molecule has 0 fully saturated rings. The second kappa shape index (κ2) is 7.54. The molecule has 2 N–H and O–H groups in total. The van der Waals surface area contributed by atoms with E-state index in [0.717, 1.165) is 16.6 Å². The Labute approximate surface area is 170 Å². The van der Waals surface area contributed by atoms with Crippen molar-refractivity contribution in [2.45, 2.75) is 6.10 Å². The van der Waals surface area contributed by atoms with Crippen molar-refractivity contribution in [2.24, 2.45) is 0 Å². The van der Waals surface area contributed by atoms with Crippen molar-refractivity contribution in [3.8, 4) is 11.3 Å². The van der Waals surface area contributed by atoms with Crippen LogP contribution in [0.25, 0.3) is 28.2 Å². The molecule has 0 aliphatic carbocycles. The first-order valence-corrected chi connectivity index (χ1v) is 12.3. The molecule has 0 aliphatic rings. The molecule has 0 saturated carbocycles. The number of aromatic amines is 1. The lowest BCUT2D eigenvalue weighted by molar-refractivity contribution is 0.215. The largest absolute Gasteiger partial charge is 0.384 e. The van der Waals surface area contributed by atoms with Gasteiger partial charge >= 0.3 is 0 Å². The number of aromatic nitrogens is 3. The number of aliphatic hydroxyl groups excluding tert-OH is 1. The SMILES string of the molecule is C=Cc1c(C(O)c2cccc(-c3ccnn3PI)c2)c(F)cc2[nH]ccc12. The Kier molecular flexibility index (Phi) is 5.12. The Balaban J connectivity index is 1.83. The first-order valence-electron chi connectivity index (χ1n) is 8.25. The summed E-state index contributed by atoms with van der Waals surface area (Å²) >= 11 is 2.27. The molecule has 2 atom stereocenters. The molecule has 4 aromatic rings. The number of hydrogen-bond donors (Lipinski definition) is 2. The van der Waals surface area contributed by atoms with Gasteiger partial charge in [0.05, 0.1) is 12.1 Å². The molecule has 0 radical (unpaired) electrons. The van der Waals surface area contributed by atoms with Gasteiger partial charge in [-0.05, 0) is 57.4 Å². The maximum atomic E-state index is 14.8. The fourth-order valence-corrected chi connectivity index (χ4v) is 4.89. The van der Waals surface area contributed by atoms with Gasteiger partial charge in [-0.25, -0.2) is 8.84 Å². The van der Waals surface area contributed by atoms with Crippen LogP contribution in [0.15, 0.2) is 61.4 Å². The molecule has 0 aliphatic heterocycles. The summed E-state index contributed by atoms with van der Waals surface area (Å²) in [6.45, 7) is 3.82. The van der Waals surface area contributed by atoms with E-state index in [-0.39, 0.29) is 5.56 Å². The summed E-state index contributed by atoms with van der Waals surface area (Å²) in [7, 11) is 0. The highest BCUT2D eigenvalue weighted by Crippen LogP contribution is 2.36. The smallest absolute Gasteiger partial charge is 0.132 e. The van der Waals surface area contributed by atoms with Crippen molar-refractivity contribution in [1.29, 1.82) is 0 Å². The van der Waals surface area contributed by atoms with Crippen molar-refractivity contribution >= 4 is 45.4 Å². The predicted molar refractivity (Wildman–Crippen MR) is 118 cm³/mol. The average molecular weight is 491 g/mol. The Bertz CT molecular complexity index is 1140. The molecule has 2 aromatic heterocycles. The van der Waals surface area contributed by atoms with Gasteiger partial charge < -0.3 is 10.1 Å². The third-order valence-electron chi connectivity index (χ3n) is 4.59. The molecular formula is C20H16FIN3OP. The second-order valence-electron chi connectivity index (χ2n) is 6.07. The molecule has 7 heteroatoms. The molecule has 0 saturated heterocycles. The molecule has 0 bridgehead atoms. The van der Waals surface area contributed by atoms with Crippen LogP contribution >= 0.6 is 28.4 Å². The Morgan fingerprint density at radius 2 is 2.15 bits per heavy atom. The van der Waals surface area contributed by atoms with E-state index in [0.29, 0.717) is 23.0 Å². The summed E-state index contributed by atoms with van der Waals surface area (Å²) < 4.78 is 16.7. The van der Waals surface area contributed by atoms with Crippen LogP contribution in [0.5, 0.6) is 0 Å². The van der Waals surface area contributed by atoms with E-state index >= 15 is 0 Å².